The number of imidazole rings is 1. The minimum absolute atomic E-state index is 0.372. The molecule has 0 amide bonds. The summed E-state index contributed by atoms with van der Waals surface area (Å²) in [7, 11) is 3.56. The predicted molar refractivity (Wildman–Crippen MR) is 119 cm³/mol. The lowest BCUT2D eigenvalue weighted by atomic mass is 9.76. The van der Waals surface area contributed by atoms with Crippen molar-refractivity contribution >= 4 is 0 Å². The zero-order chi connectivity index (χ0) is 21.8. The number of benzene rings is 3. The number of hydrogen-bond donors (Lipinski definition) is 0. The molecule has 0 saturated heterocycles. The normalized spacial score (nSPS) is 12.5. The minimum Gasteiger partial charge on any atom is -0.289 e. The Morgan fingerprint density at radius 2 is 1.26 bits per heavy atom. The molecule has 4 aromatic rings. The first-order chi connectivity index (χ1) is 15.1. The number of nitrogens with zero attached hydrogens (tertiary/aromatic N) is 4. The maximum Gasteiger partial charge on any atom is 0.290 e. The summed E-state index contributed by atoms with van der Waals surface area (Å²) in [6, 6.07) is 31.0. The maximum atomic E-state index is 15.6. The molecule has 0 fully saturated rings. The summed E-state index contributed by atoms with van der Waals surface area (Å²) in [5.41, 5.74) is 2.07. The van der Waals surface area contributed by atoms with Gasteiger partial charge in [-0.15, -0.1) is 0 Å². The largest absolute Gasteiger partial charge is 0.290 e. The van der Waals surface area contributed by atoms with E-state index < -0.39 is 17.7 Å². The van der Waals surface area contributed by atoms with E-state index in [1.807, 2.05) is 91.0 Å². The van der Waals surface area contributed by atoms with E-state index in [1.54, 1.807) is 29.8 Å². The molecule has 4 nitrogen and oxygen atoms in total. The Bertz CT molecular complexity index is 1080. The van der Waals surface area contributed by atoms with Crippen molar-refractivity contribution < 1.29 is 4.39 Å². The first-order valence-electron chi connectivity index (χ1n) is 10.1. The molecule has 0 bridgehead atoms. The summed E-state index contributed by atoms with van der Waals surface area (Å²) >= 11 is 0. The van der Waals surface area contributed by atoms with Crippen LogP contribution in [-0.4, -0.2) is 28.5 Å². The SMILES string of the molecule is CN(C)C(C#N)c1cn(C(c2ccccc2)(c2ccccc2)c2ccccc2)c(F)n1. The molecule has 0 aliphatic carbocycles. The van der Waals surface area contributed by atoms with Crippen LogP contribution in [0.25, 0.3) is 0 Å². The van der Waals surface area contributed by atoms with Crippen LogP contribution in [-0.2, 0) is 5.54 Å². The van der Waals surface area contributed by atoms with Gasteiger partial charge in [0.15, 0.2) is 0 Å². The highest BCUT2D eigenvalue weighted by Crippen LogP contribution is 2.41. The molecule has 31 heavy (non-hydrogen) atoms. The molecular formula is C26H23FN4. The van der Waals surface area contributed by atoms with Gasteiger partial charge in [-0.1, -0.05) is 91.0 Å². The highest BCUT2D eigenvalue weighted by atomic mass is 19.1. The van der Waals surface area contributed by atoms with Crippen LogP contribution < -0.4 is 0 Å². The molecular weight excluding hydrogens is 387 g/mol. The van der Waals surface area contributed by atoms with Gasteiger partial charge in [-0.2, -0.15) is 9.65 Å². The van der Waals surface area contributed by atoms with Crippen molar-refractivity contribution in [2.45, 2.75) is 11.6 Å². The summed E-state index contributed by atoms with van der Waals surface area (Å²) < 4.78 is 17.2. The standard InChI is InChI=1S/C26H23FN4/c1-30(2)24(18-28)23-19-31(25(27)29-23)26(20-12-6-3-7-13-20,21-14-8-4-9-15-21)22-16-10-5-11-17-22/h3-17,19,24H,1-2H3. The van der Waals surface area contributed by atoms with Gasteiger partial charge in [0.05, 0.1) is 11.8 Å². The molecule has 0 saturated carbocycles. The molecule has 0 aliphatic rings. The minimum atomic E-state index is -0.995. The fourth-order valence-corrected chi connectivity index (χ4v) is 4.14. The summed E-state index contributed by atoms with van der Waals surface area (Å²) in [5, 5.41) is 9.64. The molecule has 3 aromatic carbocycles. The predicted octanol–water partition coefficient (Wildman–Crippen LogP) is 4.99. The number of nitriles is 1. The van der Waals surface area contributed by atoms with Crippen LogP contribution in [0.5, 0.6) is 0 Å². The van der Waals surface area contributed by atoms with Gasteiger partial charge in [-0.05, 0) is 30.8 Å². The zero-order valence-corrected chi connectivity index (χ0v) is 17.5. The molecule has 4 rings (SSSR count). The highest BCUT2D eigenvalue weighted by molar-refractivity contribution is 5.51. The second kappa shape index (κ2) is 8.55. The first-order valence-corrected chi connectivity index (χ1v) is 10.1. The van der Waals surface area contributed by atoms with Crippen LogP contribution in [0.4, 0.5) is 4.39 Å². The van der Waals surface area contributed by atoms with Crippen molar-refractivity contribution in [3.63, 3.8) is 0 Å². The van der Waals surface area contributed by atoms with Gasteiger partial charge in [-0.3, -0.25) is 9.47 Å². The smallest absolute Gasteiger partial charge is 0.289 e. The molecule has 0 spiro atoms. The Labute approximate surface area is 181 Å². The summed E-state index contributed by atoms with van der Waals surface area (Å²) in [6.07, 6.45) is 1.02. The quantitative estimate of drug-likeness (QED) is 0.421. The fraction of sp³-hybridized carbons (Fsp3) is 0.154. The lowest BCUT2D eigenvalue weighted by molar-refractivity contribution is 0.351. The van der Waals surface area contributed by atoms with Crippen molar-refractivity contribution in [2.75, 3.05) is 14.1 Å². The number of rotatable bonds is 6. The Kier molecular flexibility index (Phi) is 5.66. The molecule has 154 valence electrons. The van der Waals surface area contributed by atoms with Gasteiger partial charge in [0, 0.05) is 6.20 Å². The highest BCUT2D eigenvalue weighted by Gasteiger charge is 2.41. The average Bonchev–Trinajstić information content (AvgIpc) is 3.18. The number of halogens is 1. The Morgan fingerprint density at radius 1 is 0.839 bits per heavy atom. The molecule has 0 aliphatic heterocycles. The van der Waals surface area contributed by atoms with Gasteiger partial charge < -0.3 is 0 Å². The monoisotopic (exact) mass is 410 g/mol. The van der Waals surface area contributed by atoms with E-state index in [9.17, 15) is 5.26 Å². The molecule has 1 unspecified atom stereocenters. The first kappa shape index (κ1) is 20.5. The summed E-state index contributed by atoms with van der Waals surface area (Å²) in [5.74, 6) is 0. The third-order valence-corrected chi connectivity index (χ3v) is 5.54. The van der Waals surface area contributed by atoms with Crippen molar-refractivity contribution in [1.82, 2.24) is 14.5 Å². The molecule has 1 heterocycles. The van der Waals surface area contributed by atoms with Gasteiger partial charge in [0.1, 0.15) is 11.6 Å². The van der Waals surface area contributed by atoms with Crippen LogP contribution in [0.3, 0.4) is 0 Å². The zero-order valence-electron chi connectivity index (χ0n) is 17.5. The molecule has 1 atom stereocenters. The van der Waals surface area contributed by atoms with Crippen molar-refractivity contribution in [3.05, 3.63) is 126 Å². The van der Waals surface area contributed by atoms with E-state index in [0.29, 0.717) is 5.69 Å². The van der Waals surface area contributed by atoms with Crippen LogP contribution in [0, 0.1) is 17.4 Å². The van der Waals surface area contributed by atoms with Gasteiger partial charge >= 0.3 is 0 Å². The van der Waals surface area contributed by atoms with Crippen molar-refractivity contribution in [1.29, 1.82) is 5.26 Å². The van der Waals surface area contributed by atoms with E-state index in [-0.39, 0.29) is 0 Å². The number of aromatic nitrogens is 2. The van der Waals surface area contributed by atoms with Gasteiger partial charge in [-0.25, -0.2) is 4.98 Å². The second-order valence-electron chi connectivity index (χ2n) is 7.61. The molecule has 1 aromatic heterocycles. The summed E-state index contributed by atoms with van der Waals surface area (Å²) in [4.78, 5) is 5.90. The van der Waals surface area contributed by atoms with Crippen LogP contribution in [0.1, 0.15) is 28.4 Å². The average molecular weight is 410 g/mol. The lowest BCUT2D eigenvalue weighted by Gasteiger charge is -2.37. The third kappa shape index (κ3) is 3.52. The van der Waals surface area contributed by atoms with Crippen LogP contribution >= 0.6 is 0 Å². The van der Waals surface area contributed by atoms with E-state index in [1.165, 1.54) is 0 Å². The topological polar surface area (TPSA) is 44.9 Å². The van der Waals surface area contributed by atoms with E-state index in [0.717, 1.165) is 16.7 Å². The molecule has 0 radical (unpaired) electrons. The van der Waals surface area contributed by atoms with Crippen LogP contribution in [0.2, 0.25) is 0 Å². The van der Waals surface area contributed by atoms with E-state index in [4.69, 9.17) is 0 Å². The second-order valence-corrected chi connectivity index (χ2v) is 7.61. The van der Waals surface area contributed by atoms with Gasteiger partial charge in [0.25, 0.3) is 6.08 Å². The lowest BCUT2D eigenvalue weighted by Crippen LogP contribution is -2.38. The Balaban J connectivity index is 2.10. The van der Waals surface area contributed by atoms with Crippen molar-refractivity contribution in [3.8, 4) is 6.07 Å². The van der Waals surface area contributed by atoms with Crippen molar-refractivity contribution in [2.24, 2.45) is 0 Å². The Morgan fingerprint density at radius 3 is 1.61 bits per heavy atom. The maximum absolute atomic E-state index is 15.6. The number of hydrogen-bond acceptors (Lipinski definition) is 3. The molecule has 0 N–H and O–H groups in total. The van der Waals surface area contributed by atoms with E-state index >= 15 is 4.39 Å². The van der Waals surface area contributed by atoms with Gasteiger partial charge in [0.2, 0.25) is 0 Å². The summed E-state index contributed by atoms with van der Waals surface area (Å²) in [6.45, 7) is 0. The Hall–Kier alpha value is -3.75. The molecule has 5 heteroatoms. The fourth-order valence-electron chi connectivity index (χ4n) is 4.14. The third-order valence-electron chi connectivity index (χ3n) is 5.54. The van der Waals surface area contributed by atoms with Crippen LogP contribution in [0.15, 0.2) is 97.2 Å². The van der Waals surface area contributed by atoms with E-state index in [2.05, 4.69) is 11.1 Å².